The van der Waals surface area contributed by atoms with Gasteiger partial charge in [0.25, 0.3) is 10.0 Å². The van der Waals surface area contributed by atoms with E-state index in [4.69, 9.17) is 5.84 Å². The summed E-state index contributed by atoms with van der Waals surface area (Å²) in [5.74, 6) is 5.08. The van der Waals surface area contributed by atoms with Crippen LogP contribution in [0.5, 0.6) is 0 Å². The third-order valence-electron chi connectivity index (χ3n) is 5.64. The Morgan fingerprint density at radius 1 is 0.828 bits per heavy atom. The van der Waals surface area contributed by atoms with Crippen LogP contribution in [0.3, 0.4) is 0 Å². The predicted molar refractivity (Wildman–Crippen MR) is 110 cm³/mol. The Morgan fingerprint density at radius 2 is 1.48 bits per heavy atom. The number of nitrogens with two attached hydrogens (primary N) is 1. The summed E-state index contributed by atoms with van der Waals surface area (Å²) < 4.78 is 50.7. The van der Waals surface area contributed by atoms with E-state index in [2.05, 4.69) is 0 Å². The van der Waals surface area contributed by atoms with Gasteiger partial charge < -0.3 is 0 Å². The molecule has 0 aromatic heterocycles. The van der Waals surface area contributed by atoms with Crippen LogP contribution >= 0.6 is 0 Å². The predicted octanol–water partition coefficient (Wildman–Crippen LogP) is 2.65. The van der Waals surface area contributed by atoms with Crippen molar-refractivity contribution in [3.8, 4) is 0 Å². The van der Waals surface area contributed by atoms with Crippen LogP contribution in [-0.4, -0.2) is 16.8 Å². The molecule has 2 aliphatic rings. The highest BCUT2D eigenvalue weighted by Gasteiger charge is 2.43. The summed E-state index contributed by atoms with van der Waals surface area (Å²) in [6, 6.07) is 19.0. The monoisotopic (exact) mass is 428 g/mol. The van der Waals surface area contributed by atoms with E-state index in [1.807, 2.05) is 49.4 Å². The van der Waals surface area contributed by atoms with Gasteiger partial charge in [0.15, 0.2) is 0 Å². The molecule has 0 amide bonds. The summed E-state index contributed by atoms with van der Waals surface area (Å²) in [5, 5.41) is 0. The number of hydrogen-bond donors (Lipinski definition) is 2. The quantitative estimate of drug-likeness (QED) is 0.480. The number of hydrazine groups is 1. The molecule has 6 nitrogen and oxygen atoms in total. The molecular weight excluding hydrogens is 408 g/mol. The molecule has 1 unspecified atom stereocenters. The zero-order valence-electron chi connectivity index (χ0n) is 15.9. The Bertz CT molecular complexity index is 1330. The van der Waals surface area contributed by atoms with Gasteiger partial charge in [-0.1, -0.05) is 42.5 Å². The van der Waals surface area contributed by atoms with Crippen LogP contribution in [0, 0.1) is 6.92 Å². The summed E-state index contributed by atoms with van der Waals surface area (Å²) in [6.45, 7) is 3.55. The van der Waals surface area contributed by atoms with Crippen molar-refractivity contribution in [3.63, 3.8) is 0 Å². The second kappa shape index (κ2) is 6.50. The van der Waals surface area contributed by atoms with Gasteiger partial charge in [-0.2, -0.15) is 4.83 Å². The van der Waals surface area contributed by atoms with Crippen molar-refractivity contribution in [1.82, 2.24) is 4.83 Å². The van der Waals surface area contributed by atoms with E-state index in [1.54, 1.807) is 10.9 Å². The summed E-state index contributed by atoms with van der Waals surface area (Å²) in [7, 11) is -7.72. The fourth-order valence-electron chi connectivity index (χ4n) is 3.92. The lowest BCUT2D eigenvalue weighted by Crippen LogP contribution is -2.35. The highest BCUT2D eigenvalue weighted by molar-refractivity contribution is 7.91. The third-order valence-corrected chi connectivity index (χ3v) is 8.79. The molecule has 29 heavy (non-hydrogen) atoms. The highest BCUT2D eigenvalue weighted by atomic mass is 32.2. The minimum atomic E-state index is -3.88. The van der Waals surface area contributed by atoms with Gasteiger partial charge in [0, 0.05) is 5.41 Å². The first-order chi connectivity index (χ1) is 13.6. The van der Waals surface area contributed by atoms with Crippen LogP contribution < -0.4 is 10.7 Å². The molecule has 2 aliphatic carbocycles. The van der Waals surface area contributed by atoms with Crippen LogP contribution in [-0.2, 0) is 25.3 Å². The van der Waals surface area contributed by atoms with Gasteiger partial charge in [-0.15, -0.1) is 0 Å². The maximum atomic E-state index is 13.4. The molecular formula is C21H20N2O4S2. The maximum Gasteiger partial charge on any atom is 0.253 e. The van der Waals surface area contributed by atoms with E-state index >= 15 is 0 Å². The summed E-state index contributed by atoms with van der Waals surface area (Å²) in [6.07, 6.45) is 0. The van der Waals surface area contributed by atoms with E-state index in [1.165, 1.54) is 25.1 Å². The molecule has 8 heteroatoms. The Morgan fingerprint density at radius 3 is 2.07 bits per heavy atom. The zero-order chi connectivity index (χ0) is 21.0. The number of hydrogen-bond acceptors (Lipinski definition) is 5. The molecule has 3 aromatic rings. The van der Waals surface area contributed by atoms with Crippen molar-refractivity contribution in [1.29, 1.82) is 0 Å². The number of rotatable bonds is 5. The Balaban J connectivity index is 1.82. The number of sulfone groups is 1. The molecule has 3 N–H and O–H groups in total. The minimum Gasteiger partial charge on any atom is -0.257 e. The van der Waals surface area contributed by atoms with Crippen LogP contribution in [0.25, 0.3) is 0 Å². The first-order valence-electron chi connectivity index (χ1n) is 8.91. The Labute approximate surface area is 170 Å². The van der Waals surface area contributed by atoms with Crippen LogP contribution in [0.2, 0.25) is 0 Å². The van der Waals surface area contributed by atoms with Gasteiger partial charge in [0.05, 0.1) is 14.7 Å². The SMILES string of the molecule is Cc1cc(S(=O)(=O)c2ccc3cc2C3(C)c2ccccc2)ccc1S(=O)(=O)NN. The molecule has 5 rings (SSSR count). The number of aryl methyl sites for hydroxylation is 1. The first kappa shape index (κ1) is 19.8. The van der Waals surface area contributed by atoms with E-state index in [0.717, 1.165) is 16.7 Å². The average Bonchev–Trinajstić information content (AvgIpc) is 2.73. The molecule has 3 aromatic carbocycles. The Hall–Kier alpha value is -2.52. The summed E-state index contributed by atoms with van der Waals surface area (Å²) >= 11 is 0. The molecule has 0 aliphatic heterocycles. The molecule has 1 atom stereocenters. The summed E-state index contributed by atoms with van der Waals surface area (Å²) in [4.78, 5) is 1.96. The molecule has 0 radical (unpaired) electrons. The van der Waals surface area contributed by atoms with E-state index in [0.29, 0.717) is 5.56 Å². The standard InChI is InChI=1S/C21H20N2O4S2/c1-14-12-17(9-11-19(14)29(26,27)23-22)28(24,25)20-10-8-16-13-18(20)21(16,2)15-6-4-3-5-7-15/h3-13,23H,22H2,1-2H3. The van der Waals surface area contributed by atoms with Crippen molar-refractivity contribution < 1.29 is 16.8 Å². The van der Waals surface area contributed by atoms with Crippen molar-refractivity contribution in [2.75, 3.05) is 0 Å². The number of nitrogens with one attached hydrogen (secondary N) is 1. The van der Waals surface area contributed by atoms with Crippen molar-refractivity contribution >= 4 is 19.9 Å². The fraction of sp³-hybridized carbons (Fsp3) is 0.143. The molecule has 0 heterocycles. The lowest BCUT2D eigenvalue weighted by atomic mass is 9.63. The molecule has 0 fully saturated rings. The summed E-state index contributed by atoms with van der Waals surface area (Å²) in [5.41, 5.74) is 2.63. The topological polar surface area (TPSA) is 106 Å². The maximum absolute atomic E-state index is 13.4. The lowest BCUT2D eigenvalue weighted by molar-refractivity contribution is 0.577. The molecule has 0 spiro atoms. The van der Waals surface area contributed by atoms with E-state index in [9.17, 15) is 16.8 Å². The smallest absolute Gasteiger partial charge is 0.253 e. The normalized spacial score (nSPS) is 18.3. The zero-order valence-corrected chi connectivity index (χ0v) is 17.5. The highest BCUT2D eigenvalue weighted by Crippen LogP contribution is 2.50. The largest absolute Gasteiger partial charge is 0.257 e. The first-order valence-corrected chi connectivity index (χ1v) is 11.9. The van der Waals surface area contributed by atoms with Gasteiger partial charge in [0.2, 0.25) is 9.84 Å². The minimum absolute atomic E-state index is 0.0392. The van der Waals surface area contributed by atoms with E-state index < -0.39 is 25.3 Å². The molecule has 0 saturated carbocycles. The molecule has 0 saturated heterocycles. The number of fused-ring (bicyclic) bond motifs is 2. The second-order valence-corrected chi connectivity index (χ2v) is 10.9. The molecule has 150 valence electrons. The van der Waals surface area contributed by atoms with Crippen molar-refractivity contribution in [3.05, 3.63) is 89.0 Å². The van der Waals surface area contributed by atoms with Gasteiger partial charge in [-0.3, -0.25) is 5.84 Å². The number of benzene rings is 3. The van der Waals surface area contributed by atoms with Crippen molar-refractivity contribution in [2.24, 2.45) is 5.84 Å². The van der Waals surface area contributed by atoms with Crippen LogP contribution in [0.4, 0.5) is 0 Å². The Kier molecular flexibility index (Phi) is 4.43. The van der Waals surface area contributed by atoms with Gasteiger partial charge in [0.1, 0.15) is 0 Å². The second-order valence-electron chi connectivity index (χ2n) is 7.25. The van der Waals surface area contributed by atoms with Gasteiger partial charge in [-0.05, 0) is 60.4 Å². The third kappa shape index (κ3) is 2.83. The van der Waals surface area contributed by atoms with E-state index in [-0.39, 0.29) is 14.7 Å². The average molecular weight is 429 g/mol. The number of sulfonamides is 1. The molecule has 2 bridgehead atoms. The lowest BCUT2D eigenvalue weighted by Gasteiger charge is -2.41. The fourth-order valence-corrected chi connectivity index (χ4v) is 6.41. The van der Waals surface area contributed by atoms with Gasteiger partial charge in [-0.25, -0.2) is 16.8 Å². The van der Waals surface area contributed by atoms with Gasteiger partial charge >= 0.3 is 0 Å². The van der Waals surface area contributed by atoms with Crippen LogP contribution in [0.1, 0.15) is 29.2 Å². The van der Waals surface area contributed by atoms with Crippen LogP contribution in [0.15, 0.2) is 81.4 Å². The van der Waals surface area contributed by atoms with Crippen molar-refractivity contribution in [2.45, 2.75) is 33.9 Å².